The number of hydrogen-bond acceptors (Lipinski definition) is 2. The first-order valence-corrected chi connectivity index (χ1v) is 8.71. The van der Waals surface area contributed by atoms with E-state index in [1.54, 1.807) is 0 Å². The Morgan fingerprint density at radius 1 is 1.35 bits per heavy atom. The van der Waals surface area contributed by atoms with Gasteiger partial charge in [-0.3, -0.25) is 0 Å². The normalized spacial score (nSPS) is 25.4. The number of aryl methyl sites for hydroxylation is 1. The van der Waals surface area contributed by atoms with Crippen LogP contribution in [0.1, 0.15) is 44.6 Å². The Bertz CT molecular complexity index is 480. The van der Waals surface area contributed by atoms with Crippen LogP contribution in [-0.4, -0.2) is 24.7 Å². The van der Waals surface area contributed by atoms with Crippen LogP contribution in [-0.2, 0) is 0 Å². The number of hydrogen-bond donors (Lipinski definition) is 1. The fraction of sp³-hybridized carbons (Fsp3) is 0.647. The quantitative estimate of drug-likeness (QED) is 0.867. The molecule has 1 aromatic rings. The van der Waals surface area contributed by atoms with Gasteiger partial charge in [-0.15, -0.1) is 0 Å². The highest BCUT2D eigenvalue weighted by Gasteiger charge is 2.40. The molecule has 0 radical (unpaired) electrons. The van der Waals surface area contributed by atoms with Gasteiger partial charge in [0.25, 0.3) is 0 Å². The van der Waals surface area contributed by atoms with Crippen LogP contribution < -0.4 is 10.2 Å². The van der Waals surface area contributed by atoms with Crippen molar-refractivity contribution in [1.82, 2.24) is 5.32 Å². The lowest BCUT2D eigenvalue weighted by molar-refractivity contribution is 0.267. The summed E-state index contributed by atoms with van der Waals surface area (Å²) >= 11 is 3.69. The number of benzene rings is 1. The molecular weight excluding hydrogens is 312 g/mol. The maximum atomic E-state index is 3.87. The Hall–Kier alpha value is -0.540. The molecule has 20 heavy (non-hydrogen) atoms. The van der Waals surface area contributed by atoms with E-state index in [-0.39, 0.29) is 0 Å². The second-order valence-corrected chi connectivity index (χ2v) is 7.35. The minimum Gasteiger partial charge on any atom is -0.365 e. The largest absolute Gasteiger partial charge is 0.365 e. The number of halogens is 1. The van der Waals surface area contributed by atoms with E-state index in [4.69, 9.17) is 0 Å². The van der Waals surface area contributed by atoms with Crippen LogP contribution in [0, 0.1) is 6.92 Å². The maximum absolute atomic E-state index is 3.87. The average Bonchev–Trinajstić information content (AvgIpc) is 2.90. The summed E-state index contributed by atoms with van der Waals surface area (Å²) in [4.78, 5) is 2.64. The van der Waals surface area contributed by atoms with Crippen molar-refractivity contribution in [1.29, 1.82) is 0 Å². The van der Waals surface area contributed by atoms with E-state index in [0.29, 0.717) is 11.6 Å². The molecule has 1 saturated heterocycles. The lowest BCUT2D eigenvalue weighted by Crippen LogP contribution is -2.63. The maximum Gasteiger partial charge on any atom is 0.0412 e. The van der Waals surface area contributed by atoms with Crippen molar-refractivity contribution in [3.8, 4) is 0 Å². The van der Waals surface area contributed by atoms with Crippen molar-refractivity contribution in [2.45, 2.75) is 57.5 Å². The number of piperazine rings is 1. The molecule has 0 aromatic heterocycles. The molecule has 1 aliphatic carbocycles. The number of nitrogens with one attached hydrogen (secondary N) is 1. The van der Waals surface area contributed by atoms with Gasteiger partial charge in [0, 0.05) is 34.8 Å². The van der Waals surface area contributed by atoms with E-state index in [0.717, 1.165) is 6.54 Å². The molecule has 1 aromatic carbocycles. The highest BCUT2D eigenvalue weighted by atomic mass is 79.9. The van der Waals surface area contributed by atoms with Crippen LogP contribution in [0.5, 0.6) is 0 Å². The SMILES string of the molecule is CCC1CNC2(CCCC2)CN1c1ccc(C)c(Br)c1. The Morgan fingerprint density at radius 2 is 2.10 bits per heavy atom. The molecule has 3 rings (SSSR count). The first kappa shape index (κ1) is 14.4. The molecule has 1 saturated carbocycles. The second-order valence-electron chi connectivity index (χ2n) is 6.49. The number of nitrogens with zero attached hydrogens (tertiary/aromatic N) is 1. The van der Waals surface area contributed by atoms with Gasteiger partial charge in [0.2, 0.25) is 0 Å². The third-order valence-electron chi connectivity index (χ3n) is 5.15. The van der Waals surface area contributed by atoms with Gasteiger partial charge in [-0.1, -0.05) is 41.8 Å². The van der Waals surface area contributed by atoms with Gasteiger partial charge < -0.3 is 10.2 Å². The summed E-state index contributed by atoms with van der Waals surface area (Å²) in [6.45, 7) is 6.75. The molecule has 1 atom stereocenters. The Kier molecular flexibility index (Phi) is 4.09. The Balaban J connectivity index is 1.88. The molecule has 0 amide bonds. The van der Waals surface area contributed by atoms with Crippen LogP contribution >= 0.6 is 15.9 Å². The summed E-state index contributed by atoms with van der Waals surface area (Å²) in [7, 11) is 0. The van der Waals surface area contributed by atoms with E-state index in [1.165, 1.54) is 54.4 Å². The van der Waals surface area contributed by atoms with Gasteiger partial charge in [0.1, 0.15) is 0 Å². The Labute approximate surface area is 131 Å². The van der Waals surface area contributed by atoms with Crippen molar-refractivity contribution in [2.75, 3.05) is 18.0 Å². The molecule has 2 nitrogen and oxygen atoms in total. The topological polar surface area (TPSA) is 15.3 Å². The van der Waals surface area contributed by atoms with Crippen molar-refractivity contribution in [2.24, 2.45) is 0 Å². The molecule has 1 heterocycles. The van der Waals surface area contributed by atoms with Gasteiger partial charge in [-0.25, -0.2) is 0 Å². The van der Waals surface area contributed by atoms with Crippen LogP contribution in [0.3, 0.4) is 0 Å². The first-order chi connectivity index (χ1) is 9.63. The Morgan fingerprint density at radius 3 is 2.75 bits per heavy atom. The molecule has 1 spiro atoms. The first-order valence-electron chi connectivity index (χ1n) is 7.91. The lowest BCUT2D eigenvalue weighted by Gasteiger charge is -2.47. The summed E-state index contributed by atoms with van der Waals surface area (Å²) in [6, 6.07) is 7.44. The highest BCUT2D eigenvalue weighted by Crippen LogP contribution is 2.36. The number of anilines is 1. The third kappa shape index (κ3) is 2.62. The minimum atomic E-state index is 0.378. The molecule has 2 aliphatic rings. The van der Waals surface area contributed by atoms with E-state index in [9.17, 15) is 0 Å². The van der Waals surface area contributed by atoms with Gasteiger partial charge in [-0.2, -0.15) is 0 Å². The molecule has 110 valence electrons. The van der Waals surface area contributed by atoms with Crippen molar-refractivity contribution < 1.29 is 0 Å². The molecular formula is C17H25BrN2. The van der Waals surface area contributed by atoms with E-state index < -0.39 is 0 Å². The fourth-order valence-electron chi connectivity index (χ4n) is 3.77. The van der Waals surface area contributed by atoms with Crippen molar-refractivity contribution in [3.05, 3.63) is 28.2 Å². The van der Waals surface area contributed by atoms with Crippen LogP contribution in [0.25, 0.3) is 0 Å². The van der Waals surface area contributed by atoms with Crippen LogP contribution in [0.2, 0.25) is 0 Å². The highest BCUT2D eigenvalue weighted by molar-refractivity contribution is 9.10. The van der Waals surface area contributed by atoms with E-state index >= 15 is 0 Å². The average molecular weight is 337 g/mol. The summed E-state index contributed by atoms with van der Waals surface area (Å²) in [5.74, 6) is 0. The van der Waals surface area contributed by atoms with Gasteiger partial charge >= 0.3 is 0 Å². The zero-order valence-electron chi connectivity index (χ0n) is 12.6. The van der Waals surface area contributed by atoms with E-state index in [1.807, 2.05) is 0 Å². The predicted octanol–water partition coefficient (Wildman–Crippen LogP) is 4.26. The molecule has 2 fully saturated rings. The monoisotopic (exact) mass is 336 g/mol. The van der Waals surface area contributed by atoms with E-state index in [2.05, 4.69) is 58.2 Å². The van der Waals surface area contributed by atoms with Gasteiger partial charge in [0.15, 0.2) is 0 Å². The van der Waals surface area contributed by atoms with Crippen LogP contribution in [0.15, 0.2) is 22.7 Å². The predicted molar refractivity (Wildman–Crippen MR) is 89.5 cm³/mol. The zero-order valence-corrected chi connectivity index (χ0v) is 14.2. The van der Waals surface area contributed by atoms with Crippen LogP contribution in [0.4, 0.5) is 5.69 Å². The molecule has 1 aliphatic heterocycles. The molecule has 1 N–H and O–H groups in total. The summed E-state index contributed by atoms with van der Waals surface area (Å²) in [5, 5.41) is 3.87. The smallest absolute Gasteiger partial charge is 0.0412 e. The standard InChI is InChI=1S/C17H25BrN2/c1-3-14-11-19-17(8-4-5-9-17)12-20(14)15-7-6-13(2)16(18)10-15/h6-7,10,14,19H,3-5,8-9,11-12H2,1-2H3. The number of rotatable bonds is 2. The second kappa shape index (κ2) is 5.69. The third-order valence-corrected chi connectivity index (χ3v) is 6.00. The molecule has 0 bridgehead atoms. The summed E-state index contributed by atoms with van der Waals surface area (Å²) in [6.07, 6.45) is 6.65. The van der Waals surface area contributed by atoms with Crippen molar-refractivity contribution in [3.63, 3.8) is 0 Å². The van der Waals surface area contributed by atoms with Crippen molar-refractivity contribution >= 4 is 21.6 Å². The summed E-state index contributed by atoms with van der Waals surface area (Å²) in [5.41, 5.74) is 3.07. The minimum absolute atomic E-state index is 0.378. The lowest BCUT2D eigenvalue weighted by atomic mass is 9.91. The van der Waals surface area contributed by atoms with Gasteiger partial charge in [0.05, 0.1) is 0 Å². The zero-order chi connectivity index (χ0) is 14.2. The fourth-order valence-corrected chi connectivity index (χ4v) is 4.14. The summed E-state index contributed by atoms with van der Waals surface area (Å²) < 4.78 is 1.23. The molecule has 3 heteroatoms. The van der Waals surface area contributed by atoms with Gasteiger partial charge in [-0.05, 0) is 43.9 Å². The molecule has 1 unspecified atom stereocenters.